The summed E-state index contributed by atoms with van der Waals surface area (Å²) in [6, 6.07) is 19.0. The lowest BCUT2D eigenvalue weighted by atomic mass is 9.73. The average Bonchev–Trinajstić information content (AvgIpc) is 4.02. The fourth-order valence-electron chi connectivity index (χ4n) is 10.0. The normalized spacial score (nSPS) is 19.9. The van der Waals surface area contributed by atoms with Crippen molar-refractivity contribution in [2.24, 2.45) is 11.3 Å². The number of H-pyrrole nitrogens is 1. The minimum atomic E-state index is -4.61. The van der Waals surface area contributed by atoms with Crippen molar-refractivity contribution in [3.8, 4) is 22.6 Å². The van der Waals surface area contributed by atoms with E-state index in [9.17, 15) is 33.5 Å². The smallest absolute Gasteiger partial charge is 0.293 e. The molecule has 0 radical (unpaired) electrons. The van der Waals surface area contributed by atoms with Crippen LogP contribution < -0.4 is 19.7 Å². The standard InChI is InChI=1S/C54H62FN7O8S2/c1-52(2)16-14-36(44(29-52)49-25-37(33-71-49)43-26-38(53(3,4)64)6-10-45(43)55)32-60-20-22-61(23-21-60)39-7-9-42(48(27-39)70-40-24-35-15-19-56-50(35)58-31-40)51(63)59-72(68,69)41-8-11-46(47(28-41)62(66)67)57-30-34-12-17-54(5,65)18-13-34/h6-11,15,19,24-28,31,33-34,57,64-65H,12-14,16-18,20-23,29-30,32H2,1-5H3,(H,56,58)(H,59,63)/t34-,54-. The molecule has 1 saturated heterocycles. The SMILES string of the molecule is CC1(C)CCC(CN2CCN(c3ccc(C(=O)NS(=O)(=O)c4ccc(NC[C@H]5CC[C@](C)(O)CC5)c([N+](=O)[O-])c4)c(Oc4cnc5[nH]ccc5c4)c3)CC2)=C(c2cc(-c3cc(C(C)(C)O)ccc3F)cs2)C1. The predicted octanol–water partition coefficient (Wildman–Crippen LogP) is 10.6. The number of pyridine rings is 1. The van der Waals surface area contributed by atoms with Gasteiger partial charge in [0.05, 0.1) is 32.8 Å². The van der Waals surface area contributed by atoms with Crippen LogP contribution in [0, 0.1) is 27.3 Å². The van der Waals surface area contributed by atoms with Crippen molar-refractivity contribution in [2.45, 2.75) is 95.7 Å². The second kappa shape index (κ2) is 20.0. The molecule has 0 atom stereocenters. The Kier molecular flexibility index (Phi) is 14.1. The molecule has 1 aliphatic heterocycles. The van der Waals surface area contributed by atoms with E-state index in [-0.39, 0.29) is 34.2 Å². The lowest BCUT2D eigenvalue weighted by Crippen LogP contribution is -2.47. The number of allylic oxidation sites excluding steroid dienone is 1. The first-order valence-corrected chi connectivity index (χ1v) is 26.8. The summed E-state index contributed by atoms with van der Waals surface area (Å²) < 4.78 is 51.3. The summed E-state index contributed by atoms with van der Waals surface area (Å²) in [5.74, 6) is -0.710. The number of carbonyl (C=O) groups is 1. The van der Waals surface area contributed by atoms with E-state index in [0.717, 1.165) is 79.3 Å². The van der Waals surface area contributed by atoms with Gasteiger partial charge in [0.1, 0.15) is 28.7 Å². The number of aromatic amines is 1. The molecular weight excluding hydrogens is 958 g/mol. The molecule has 2 fully saturated rings. The number of hydrogen-bond acceptors (Lipinski definition) is 13. The Labute approximate surface area is 423 Å². The molecule has 0 bridgehead atoms. The number of sulfonamides is 1. The second-order valence-corrected chi connectivity index (χ2v) is 23.8. The van der Waals surface area contributed by atoms with Gasteiger partial charge in [-0.3, -0.25) is 19.8 Å². The fraction of sp³-hybridized carbons (Fsp3) is 0.407. The number of amides is 1. The Hall–Kier alpha value is -6.18. The number of nitro benzene ring substituents is 1. The molecule has 3 aromatic heterocycles. The van der Waals surface area contributed by atoms with Gasteiger partial charge < -0.3 is 30.2 Å². The number of aromatic nitrogens is 2. The predicted molar refractivity (Wildman–Crippen MR) is 280 cm³/mol. The number of rotatable bonds is 15. The molecule has 0 unspecified atom stereocenters. The average molecular weight is 1020 g/mol. The van der Waals surface area contributed by atoms with E-state index in [1.807, 2.05) is 11.4 Å². The van der Waals surface area contributed by atoms with Gasteiger partial charge in [-0.2, -0.15) is 0 Å². The summed E-state index contributed by atoms with van der Waals surface area (Å²) in [7, 11) is -4.61. The van der Waals surface area contributed by atoms with E-state index in [1.54, 1.807) is 68.6 Å². The van der Waals surface area contributed by atoms with Crippen molar-refractivity contribution >= 4 is 60.9 Å². The molecule has 9 rings (SSSR count). The van der Waals surface area contributed by atoms with Crippen LogP contribution in [0.3, 0.4) is 0 Å². The number of nitro groups is 1. The number of hydrogen-bond donors (Lipinski definition) is 5. The highest BCUT2D eigenvalue weighted by Gasteiger charge is 2.33. The quantitative estimate of drug-likeness (QED) is 0.0482. The lowest BCUT2D eigenvalue weighted by molar-refractivity contribution is -0.384. The molecule has 6 aromatic rings. The molecule has 4 heterocycles. The Morgan fingerprint density at radius 2 is 1.78 bits per heavy atom. The third-order valence-electron chi connectivity index (χ3n) is 14.5. The molecule has 72 heavy (non-hydrogen) atoms. The van der Waals surface area contributed by atoms with Gasteiger partial charge in [0.25, 0.3) is 21.6 Å². The fourth-order valence-corrected chi connectivity index (χ4v) is 12.0. The monoisotopic (exact) mass is 1020 g/mol. The van der Waals surface area contributed by atoms with Crippen LogP contribution in [0.1, 0.15) is 100 Å². The van der Waals surface area contributed by atoms with E-state index in [2.05, 4.69) is 49.7 Å². The summed E-state index contributed by atoms with van der Waals surface area (Å²) in [5, 5.41) is 39.1. The molecule has 1 amide bonds. The summed E-state index contributed by atoms with van der Waals surface area (Å²) in [6.07, 6.45) is 8.91. The molecule has 5 N–H and O–H groups in total. The first-order chi connectivity index (χ1) is 34.1. The van der Waals surface area contributed by atoms with Crippen molar-refractivity contribution in [2.75, 3.05) is 49.5 Å². The van der Waals surface area contributed by atoms with Crippen molar-refractivity contribution in [3.63, 3.8) is 0 Å². The van der Waals surface area contributed by atoms with Crippen LogP contribution >= 0.6 is 11.3 Å². The van der Waals surface area contributed by atoms with Crippen LogP contribution in [0.5, 0.6) is 11.5 Å². The number of nitrogens with one attached hydrogen (secondary N) is 3. The first kappa shape index (κ1) is 50.7. The molecular formula is C54H62FN7O8S2. The Balaban J connectivity index is 0.918. The number of anilines is 2. The van der Waals surface area contributed by atoms with Crippen LogP contribution in [0.25, 0.3) is 27.7 Å². The third kappa shape index (κ3) is 11.5. The second-order valence-electron chi connectivity index (χ2n) is 21.2. The number of piperazine rings is 1. The number of halogens is 1. The highest BCUT2D eigenvalue weighted by molar-refractivity contribution is 7.90. The molecule has 380 valence electrons. The van der Waals surface area contributed by atoms with E-state index in [4.69, 9.17) is 4.74 Å². The topological polar surface area (TPSA) is 203 Å². The van der Waals surface area contributed by atoms with Gasteiger partial charge in [-0.1, -0.05) is 25.5 Å². The van der Waals surface area contributed by atoms with Crippen LogP contribution in [0.15, 0.2) is 101 Å². The van der Waals surface area contributed by atoms with Crippen molar-refractivity contribution in [3.05, 3.63) is 128 Å². The first-order valence-electron chi connectivity index (χ1n) is 24.5. The van der Waals surface area contributed by atoms with Gasteiger partial charge in [0.15, 0.2) is 0 Å². The third-order valence-corrected chi connectivity index (χ3v) is 16.8. The Morgan fingerprint density at radius 3 is 2.51 bits per heavy atom. The largest absolute Gasteiger partial charge is 0.455 e. The van der Waals surface area contributed by atoms with Crippen molar-refractivity contribution in [1.82, 2.24) is 19.6 Å². The Morgan fingerprint density at radius 1 is 1.01 bits per heavy atom. The molecule has 0 spiro atoms. The summed E-state index contributed by atoms with van der Waals surface area (Å²) in [4.78, 5) is 38.4. The van der Waals surface area contributed by atoms with Gasteiger partial charge >= 0.3 is 0 Å². The van der Waals surface area contributed by atoms with E-state index < -0.39 is 42.6 Å². The number of fused-ring (bicyclic) bond motifs is 1. The lowest BCUT2D eigenvalue weighted by Gasteiger charge is -2.39. The molecule has 2 aliphatic carbocycles. The van der Waals surface area contributed by atoms with Gasteiger partial charge in [-0.05, 0) is 154 Å². The van der Waals surface area contributed by atoms with Crippen LogP contribution in [-0.4, -0.2) is 89.2 Å². The maximum Gasteiger partial charge on any atom is 0.293 e. The summed E-state index contributed by atoms with van der Waals surface area (Å²) >= 11 is 1.63. The minimum Gasteiger partial charge on any atom is -0.455 e. The van der Waals surface area contributed by atoms with Gasteiger partial charge in [0, 0.05) is 79.1 Å². The van der Waals surface area contributed by atoms with E-state index in [1.165, 1.54) is 41.6 Å². The van der Waals surface area contributed by atoms with E-state index >= 15 is 4.39 Å². The number of ether oxygens (including phenoxy) is 1. The molecule has 18 heteroatoms. The van der Waals surface area contributed by atoms with E-state index in [0.29, 0.717) is 55.0 Å². The number of aliphatic hydroxyl groups is 2. The number of thiophene rings is 1. The minimum absolute atomic E-state index is 0.0709. The summed E-state index contributed by atoms with van der Waals surface area (Å²) in [5.41, 5.74) is 3.93. The van der Waals surface area contributed by atoms with Crippen LogP contribution in [0.4, 0.5) is 21.5 Å². The number of benzene rings is 3. The van der Waals surface area contributed by atoms with Crippen molar-refractivity contribution < 1.29 is 37.5 Å². The van der Waals surface area contributed by atoms with Gasteiger partial charge in [0.2, 0.25) is 0 Å². The van der Waals surface area contributed by atoms with Crippen LogP contribution in [-0.2, 0) is 15.6 Å². The number of carbonyl (C=O) groups excluding carboxylic acids is 1. The molecule has 15 nitrogen and oxygen atoms in total. The van der Waals surface area contributed by atoms with Gasteiger partial charge in [-0.15, -0.1) is 11.3 Å². The zero-order valence-corrected chi connectivity index (χ0v) is 42.9. The van der Waals surface area contributed by atoms with Crippen LogP contribution in [0.2, 0.25) is 0 Å². The molecule has 3 aromatic carbocycles. The maximum absolute atomic E-state index is 15.2. The highest BCUT2D eigenvalue weighted by Crippen LogP contribution is 2.46. The van der Waals surface area contributed by atoms with Gasteiger partial charge in [-0.25, -0.2) is 22.5 Å². The zero-order chi connectivity index (χ0) is 51.2. The highest BCUT2D eigenvalue weighted by atomic mass is 32.2. The summed E-state index contributed by atoms with van der Waals surface area (Å²) in [6.45, 7) is 13.8. The molecule has 3 aliphatic rings. The maximum atomic E-state index is 15.2. The van der Waals surface area contributed by atoms with Crippen molar-refractivity contribution in [1.29, 1.82) is 0 Å². The molecule has 1 saturated carbocycles. The Bertz CT molecular complexity index is 3160. The zero-order valence-electron chi connectivity index (χ0n) is 41.3. The number of nitrogens with zero attached hydrogens (tertiary/aromatic N) is 4.